The number of anilines is 1. The first-order valence-corrected chi connectivity index (χ1v) is 6.51. The molecule has 0 saturated heterocycles. The Kier molecular flexibility index (Phi) is 3.98. The second-order valence-corrected chi connectivity index (χ2v) is 4.71. The van der Waals surface area contributed by atoms with Crippen LogP contribution in [0.25, 0.3) is 10.8 Å². The quantitative estimate of drug-likeness (QED) is 0.853. The van der Waals surface area contributed by atoms with Crippen LogP contribution >= 0.6 is 0 Å². The zero-order valence-corrected chi connectivity index (χ0v) is 10.9. The average Bonchev–Trinajstić information content (AvgIpc) is 2.39. The molecule has 18 heavy (non-hydrogen) atoms. The lowest BCUT2D eigenvalue weighted by Gasteiger charge is -2.12. The van der Waals surface area contributed by atoms with Crippen molar-refractivity contribution >= 4 is 22.4 Å². The summed E-state index contributed by atoms with van der Waals surface area (Å²) in [5.41, 5.74) is 0.904. The Hall–Kier alpha value is -1.83. The summed E-state index contributed by atoms with van der Waals surface area (Å²) >= 11 is 0. The van der Waals surface area contributed by atoms with E-state index in [9.17, 15) is 4.79 Å². The number of nitrogens with one attached hydrogen (secondary N) is 1. The fourth-order valence-corrected chi connectivity index (χ4v) is 2.15. The van der Waals surface area contributed by atoms with Crippen LogP contribution < -0.4 is 5.32 Å². The first-order chi connectivity index (χ1) is 8.72. The van der Waals surface area contributed by atoms with Crippen molar-refractivity contribution in [2.24, 2.45) is 5.92 Å². The van der Waals surface area contributed by atoms with Crippen LogP contribution in [-0.2, 0) is 4.79 Å². The van der Waals surface area contributed by atoms with E-state index < -0.39 is 0 Å². The van der Waals surface area contributed by atoms with Crippen LogP contribution in [0.15, 0.2) is 42.5 Å². The maximum absolute atomic E-state index is 12.0. The van der Waals surface area contributed by atoms with Gasteiger partial charge >= 0.3 is 0 Å². The molecule has 2 heteroatoms. The van der Waals surface area contributed by atoms with Gasteiger partial charge in [-0.2, -0.15) is 0 Å². The summed E-state index contributed by atoms with van der Waals surface area (Å²) in [5.74, 6) is 0.169. The highest BCUT2D eigenvalue weighted by molar-refractivity contribution is 6.02. The number of hydrogen-bond donors (Lipinski definition) is 1. The fourth-order valence-electron chi connectivity index (χ4n) is 2.15. The molecule has 1 amide bonds. The molecule has 0 aliphatic heterocycles. The molecule has 2 aromatic rings. The minimum absolute atomic E-state index is 0.0639. The highest BCUT2D eigenvalue weighted by Crippen LogP contribution is 2.23. The molecule has 0 aromatic heterocycles. The second-order valence-electron chi connectivity index (χ2n) is 4.71. The summed E-state index contributed by atoms with van der Waals surface area (Å²) < 4.78 is 0. The lowest BCUT2D eigenvalue weighted by molar-refractivity contribution is -0.119. The molecule has 94 valence electrons. The highest BCUT2D eigenvalue weighted by atomic mass is 16.1. The summed E-state index contributed by atoms with van der Waals surface area (Å²) in [6, 6.07) is 14.1. The van der Waals surface area contributed by atoms with Gasteiger partial charge in [0.1, 0.15) is 0 Å². The molecule has 0 aliphatic carbocycles. The van der Waals surface area contributed by atoms with Gasteiger partial charge < -0.3 is 5.32 Å². The molecule has 2 aromatic carbocycles. The second kappa shape index (κ2) is 5.67. The standard InChI is InChI=1S/C16H19NO/c1-3-7-12(2)16(18)17-15-11-6-9-13-8-4-5-10-14(13)15/h4-6,8-12H,3,7H2,1-2H3,(H,17,18). The maximum Gasteiger partial charge on any atom is 0.227 e. The summed E-state index contributed by atoms with van der Waals surface area (Å²) in [6.07, 6.45) is 1.96. The van der Waals surface area contributed by atoms with Crippen molar-refractivity contribution in [3.63, 3.8) is 0 Å². The lowest BCUT2D eigenvalue weighted by Crippen LogP contribution is -2.20. The van der Waals surface area contributed by atoms with Gasteiger partial charge in [-0.15, -0.1) is 0 Å². The summed E-state index contributed by atoms with van der Waals surface area (Å²) in [6.45, 7) is 4.08. The normalized spacial score (nSPS) is 12.3. The molecule has 1 unspecified atom stereocenters. The van der Waals surface area contributed by atoms with Crippen molar-refractivity contribution < 1.29 is 4.79 Å². The third-order valence-electron chi connectivity index (χ3n) is 3.22. The zero-order chi connectivity index (χ0) is 13.0. The first-order valence-electron chi connectivity index (χ1n) is 6.51. The number of hydrogen-bond acceptors (Lipinski definition) is 1. The van der Waals surface area contributed by atoms with E-state index in [2.05, 4.69) is 24.4 Å². The Morgan fingerprint density at radius 2 is 1.89 bits per heavy atom. The van der Waals surface area contributed by atoms with E-state index in [1.165, 1.54) is 0 Å². The molecule has 2 nitrogen and oxygen atoms in total. The van der Waals surface area contributed by atoms with Crippen molar-refractivity contribution in [1.29, 1.82) is 0 Å². The van der Waals surface area contributed by atoms with E-state index in [0.29, 0.717) is 0 Å². The number of rotatable bonds is 4. The Labute approximate surface area is 108 Å². The largest absolute Gasteiger partial charge is 0.325 e. The number of fused-ring (bicyclic) bond motifs is 1. The zero-order valence-electron chi connectivity index (χ0n) is 10.9. The van der Waals surface area contributed by atoms with Gasteiger partial charge in [-0.3, -0.25) is 4.79 Å². The van der Waals surface area contributed by atoms with Gasteiger partial charge in [0.2, 0.25) is 5.91 Å². The van der Waals surface area contributed by atoms with Crippen molar-refractivity contribution in [2.45, 2.75) is 26.7 Å². The van der Waals surface area contributed by atoms with Crippen LogP contribution in [0, 0.1) is 5.92 Å². The molecular weight excluding hydrogens is 222 g/mol. The number of carbonyl (C=O) groups excluding carboxylic acids is 1. The molecule has 0 radical (unpaired) electrons. The van der Waals surface area contributed by atoms with Gasteiger partial charge in [-0.25, -0.2) is 0 Å². The first kappa shape index (κ1) is 12.6. The molecule has 0 saturated carbocycles. The lowest BCUT2D eigenvalue weighted by atomic mass is 10.0. The molecule has 0 aliphatic rings. The van der Waals surface area contributed by atoms with Crippen LogP contribution in [0.2, 0.25) is 0 Å². The average molecular weight is 241 g/mol. The van der Waals surface area contributed by atoms with Gasteiger partial charge in [0.05, 0.1) is 0 Å². The Morgan fingerprint density at radius 3 is 2.67 bits per heavy atom. The molecular formula is C16H19NO. The fraction of sp³-hybridized carbons (Fsp3) is 0.312. The topological polar surface area (TPSA) is 29.1 Å². The van der Waals surface area contributed by atoms with Crippen LogP contribution in [0.5, 0.6) is 0 Å². The molecule has 1 N–H and O–H groups in total. The van der Waals surface area contributed by atoms with E-state index in [-0.39, 0.29) is 11.8 Å². The SMILES string of the molecule is CCCC(C)C(=O)Nc1cccc2ccccc12. The predicted molar refractivity (Wildman–Crippen MR) is 76.6 cm³/mol. The Bertz CT molecular complexity index is 542. The van der Waals surface area contributed by atoms with Crippen LogP contribution in [-0.4, -0.2) is 5.91 Å². The van der Waals surface area contributed by atoms with Gasteiger partial charge in [0.25, 0.3) is 0 Å². The molecule has 0 heterocycles. The van der Waals surface area contributed by atoms with E-state index in [1.807, 2.05) is 37.3 Å². The molecule has 0 fully saturated rings. The third kappa shape index (κ3) is 2.70. The van der Waals surface area contributed by atoms with E-state index in [4.69, 9.17) is 0 Å². The van der Waals surface area contributed by atoms with E-state index >= 15 is 0 Å². The van der Waals surface area contributed by atoms with Gasteiger partial charge in [-0.05, 0) is 17.9 Å². The number of carbonyl (C=O) groups is 1. The smallest absolute Gasteiger partial charge is 0.227 e. The Balaban J connectivity index is 2.24. The number of amides is 1. The molecule has 0 bridgehead atoms. The van der Waals surface area contributed by atoms with Gasteiger partial charge in [-0.1, -0.05) is 56.7 Å². The van der Waals surface area contributed by atoms with Gasteiger partial charge in [0, 0.05) is 17.0 Å². The van der Waals surface area contributed by atoms with Crippen LogP contribution in [0.4, 0.5) is 5.69 Å². The third-order valence-corrected chi connectivity index (χ3v) is 3.22. The maximum atomic E-state index is 12.0. The van der Waals surface area contributed by atoms with E-state index in [0.717, 1.165) is 29.3 Å². The van der Waals surface area contributed by atoms with Crippen molar-refractivity contribution in [3.8, 4) is 0 Å². The van der Waals surface area contributed by atoms with Gasteiger partial charge in [0.15, 0.2) is 0 Å². The minimum Gasteiger partial charge on any atom is -0.325 e. The summed E-state index contributed by atoms with van der Waals surface area (Å²) in [4.78, 5) is 12.0. The summed E-state index contributed by atoms with van der Waals surface area (Å²) in [5, 5.41) is 5.28. The summed E-state index contributed by atoms with van der Waals surface area (Å²) in [7, 11) is 0. The Morgan fingerprint density at radius 1 is 1.17 bits per heavy atom. The minimum atomic E-state index is 0.0639. The molecule has 0 spiro atoms. The predicted octanol–water partition coefficient (Wildman–Crippen LogP) is 4.21. The molecule has 2 rings (SSSR count). The monoisotopic (exact) mass is 241 g/mol. The van der Waals surface area contributed by atoms with E-state index in [1.54, 1.807) is 0 Å². The molecule has 1 atom stereocenters. The van der Waals surface area contributed by atoms with Crippen LogP contribution in [0.1, 0.15) is 26.7 Å². The van der Waals surface area contributed by atoms with Crippen molar-refractivity contribution in [1.82, 2.24) is 0 Å². The van der Waals surface area contributed by atoms with Crippen molar-refractivity contribution in [3.05, 3.63) is 42.5 Å². The number of benzene rings is 2. The van der Waals surface area contributed by atoms with Crippen LogP contribution in [0.3, 0.4) is 0 Å². The van der Waals surface area contributed by atoms with Crippen molar-refractivity contribution in [2.75, 3.05) is 5.32 Å². The highest BCUT2D eigenvalue weighted by Gasteiger charge is 2.12.